The first-order chi connectivity index (χ1) is 14.8. The summed E-state index contributed by atoms with van der Waals surface area (Å²) in [5, 5.41) is 7.81. The predicted molar refractivity (Wildman–Crippen MR) is 124 cm³/mol. The fourth-order valence-corrected chi connectivity index (χ4v) is 4.08. The van der Waals surface area contributed by atoms with Crippen molar-refractivity contribution in [3.63, 3.8) is 0 Å². The van der Waals surface area contributed by atoms with Gasteiger partial charge in [0, 0.05) is 12.3 Å². The van der Waals surface area contributed by atoms with Crippen LogP contribution in [0.25, 0.3) is 0 Å². The zero-order valence-corrected chi connectivity index (χ0v) is 17.4. The summed E-state index contributed by atoms with van der Waals surface area (Å²) in [6.45, 7) is 1.04. The number of benzene rings is 3. The van der Waals surface area contributed by atoms with Gasteiger partial charge in [0.2, 0.25) is 0 Å². The Morgan fingerprint density at radius 3 is 1.97 bits per heavy atom. The van der Waals surface area contributed by atoms with E-state index in [1.54, 1.807) is 18.0 Å². The normalized spacial score (nSPS) is 10.7. The molecule has 1 N–H and O–H groups in total. The molecule has 3 aromatic carbocycles. The Balaban J connectivity index is 1.60. The van der Waals surface area contributed by atoms with Crippen LogP contribution in [0.2, 0.25) is 0 Å². The maximum Gasteiger partial charge on any atom is 0.291 e. The Morgan fingerprint density at radius 2 is 1.33 bits per heavy atom. The van der Waals surface area contributed by atoms with Crippen LogP contribution in [0.1, 0.15) is 16.7 Å². The zero-order valence-electron chi connectivity index (χ0n) is 16.6. The Bertz CT molecular complexity index is 1130. The maximum absolute atomic E-state index is 13.3. The van der Waals surface area contributed by atoms with E-state index in [4.69, 9.17) is 0 Å². The number of aromatic nitrogens is 2. The third-order valence-corrected chi connectivity index (χ3v) is 5.83. The molecular weight excluding hydrogens is 390 g/mol. The second-order valence-electron chi connectivity index (χ2n) is 6.95. The molecule has 4 rings (SSSR count). The number of anilines is 1. The SMILES string of the molecule is O=c1c(NCc2ccccc2)c(SCc2ccccc2)cnn1Cc1ccccc1. The molecule has 30 heavy (non-hydrogen) atoms. The molecule has 0 aliphatic heterocycles. The zero-order chi connectivity index (χ0) is 20.6. The molecular formula is C25H23N3OS. The van der Waals surface area contributed by atoms with Crippen LogP contribution in [0.5, 0.6) is 0 Å². The summed E-state index contributed by atoms with van der Waals surface area (Å²) in [5.74, 6) is 0.782. The van der Waals surface area contributed by atoms with Crippen LogP contribution < -0.4 is 10.9 Å². The van der Waals surface area contributed by atoms with Crippen LogP contribution in [-0.2, 0) is 18.8 Å². The lowest BCUT2D eigenvalue weighted by Gasteiger charge is -2.14. The number of nitrogens with zero attached hydrogens (tertiary/aromatic N) is 2. The van der Waals surface area contributed by atoms with Crippen LogP contribution >= 0.6 is 11.8 Å². The van der Waals surface area contributed by atoms with Crippen LogP contribution in [0.15, 0.2) is 107 Å². The van der Waals surface area contributed by atoms with Gasteiger partial charge in [-0.15, -0.1) is 11.8 Å². The molecule has 1 aromatic heterocycles. The maximum atomic E-state index is 13.3. The van der Waals surface area contributed by atoms with E-state index in [1.807, 2.05) is 78.9 Å². The van der Waals surface area contributed by atoms with E-state index in [9.17, 15) is 4.79 Å². The number of thioether (sulfide) groups is 1. The van der Waals surface area contributed by atoms with Crippen LogP contribution in [-0.4, -0.2) is 9.78 Å². The van der Waals surface area contributed by atoms with E-state index in [0.29, 0.717) is 18.8 Å². The van der Waals surface area contributed by atoms with Crippen molar-refractivity contribution < 1.29 is 0 Å². The highest BCUT2D eigenvalue weighted by molar-refractivity contribution is 7.98. The molecule has 0 aliphatic rings. The van der Waals surface area contributed by atoms with E-state index in [-0.39, 0.29) is 5.56 Å². The van der Waals surface area contributed by atoms with E-state index < -0.39 is 0 Å². The largest absolute Gasteiger partial charge is 0.375 e. The summed E-state index contributed by atoms with van der Waals surface area (Å²) >= 11 is 1.63. The molecule has 5 heteroatoms. The fraction of sp³-hybridized carbons (Fsp3) is 0.120. The second-order valence-corrected chi connectivity index (χ2v) is 7.96. The highest BCUT2D eigenvalue weighted by Gasteiger charge is 2.13. The Kier molecular flexibility index (Phi) is 6.62. The van der Waals surface area contributed by atoms with Gasteiger partial charge in [0.15, 0.2) is 0 Å². The third-order valence-electron chi connectivity index (χ3n) is 4.73. The van der Waals surface area contributed by atoms with Crippen molar-refractivity contribution in [3.05, 3.63) is 124 Å². The first kappa shape index (κ1) is 20.0. The smallest absolute Gasteiger partial charge is 0.291 e. The van der Waals surface area contributed by atoms with Gasteiger partial charge in [-0.2, -0.15) is 5.10 Å². The van der Waals surface area contributed by atoms with Crippen molar-refractivity contribution in [1.29, 1.82) is 0 Å². The van der Waals surface area contributed by atoms with Crippen molar-refractivity contribution in [2.45, 2.75) is 23.7 Å². The molecule has 150 valence electrons. The molecule has 4 nitrogen and oxygen atoms in total. The average molecular weight is 414 g/mol. The van der Waals surface area contributed by atoms with Crippen molar-refractivity contribution in [2.75, 3.05) is 5.32 Å². The van der Waals surface area contributed by atoms with Gasteiger partial charge in [0.25, 0.3) is 5.56 Å². The van der Waals surface area contributed by atoms with Crippen LogP contribution in [0, 0.1) is 0 Å². The molecule has 0 radical (unpaired) electrons. The topological polar surface area (TPSA) is 46.9 Å². The molecule has 0 spiro atoms. The summed E-state index contributed by atoms with van der Waals surface area (Å²) in [6.07, 6.45) is 1.80. The Morgan fingerprint density at radius 1 is 0.767 bits per heavy atom. The number of nitrogens with one attached hydrogen (secondary N) is 1. The van der Waals surface area contributed by atoms with Crippen molar-refractivity contribution in [2.24, 2.45) is 0 Å². The number of hydrogen-bond acceptors (Lipinski definition) is 4. The lowest BCUT2D eigenvalue weighted by Crippen LogP contribution is -2.27. The van der Waals surface area contributed by atoms with Gasteiger partial charge < -0.3 is 5.32 Å². The molecule has 0 atom stereocenters. The van der Waals surface area contributed by atoms with Gasteiger partial charge in [-0.3, -0.25) is 4.79 Å². The molecule has 0 aliphatic carbocycles. The van der Waals surface area contributed by atoms with Gasteiger partial charge in [-0.25, -0.2) is 4.68 Å². The summed E-state index contributed by atoms with van der Waals surface area (Å²) in [6, 6.07) is 30.3. The van der Waals surface area contributed by atoms with Crippen LogP contribution in [0.3, 0.4) is 0 Å². The Hall–Kier alpha value is -3.31. The molecule has 0 amide bonds. The highest BCUT2D eigenvalue weighted by Crippen LogP contribution is 2.27. The molecule has 0 fully saturated rings. The lowest BCUT2D eigenvalue weighted by molar-refractivity contribution is 0.632. The van der Waals surface area contributed by atoms with Gasteiger partial charge in [0.1, 0.15) is 5.69 Å². The highest BCUT2D eigenvalue weighted by atomic mass is 32.2. The first-order valence-electron chi connectivity index (χ1n) is 9.88. The Labute approximate surface area is 180 Å². The summed E-state index contributed by atoms with van der Waals surface area (Å²) in [5.41, 5.74) is 3.89. The number of rotatable bonds is 8. The quantitative estimate of drug-likeness (QED) is 0.404. The van der Waals surface area contributed by atoms with Gasteiger partial charge in [-0.1, -0.05) is 91.0 Å². The monoisotopic (exact) mass is 413 g/mol. The standard InChI is InChI=1S/C25H23N3OS/c29-25-24(26-16-20-10-4-1-5-11-20)23(30-19-22-14-8-3-9-15-22)17-27-28(25)18-21-12-6-2-7-13-21/h1-15,17,26H,16,18-19H2. The van der Waals surface area contributed by atoms with Crippen LogP contribution in [0.4, 0.5) is 5.69 Å². The fourth-order valence-electron chi connectivity index (χ4n) is 3.14. The van der Waals surface area contributed by atoms with Gasteiger partial charge in [0.05, 0.1) is 17.6 Å². The van der Waals surface area contributed by atoms with Crippen molar-refractivity contribution in [1.82, 2.24) is 9.78 Å². The first-order valence-corrected chi connectivity index (χ1v) is 10.9. The van der Waals surface area contributed by atoms with E-state index in [1.165, 1.54) is 10.2 Å². The molecule has 0 bridgehead atoms. The average Bonchev–Trinajstić information content (AvgIpc) is 2.81. The van der Waals surface area contributed by atoms with Gasteiger partial charge in [-0.05, 0) is 16.7 Å². The van der Waals surface area contributed by atoms with Crippen molar-refractivity contribution >= 4 is 17.4 Å². The molecule has 0 saturated carbocycles. The minimum Gasteiger partial charge on any atom is -0.375 e. The lowest BCUT2D eigenvalue weighted by atomic mass is 10.2. The minimum atomic E-state index is -0.104. The number of hydrogen-bond donors (Lipinski definition) is 1. The molecule has 1 heterocycles. The summed E-state index contributed by atoms with van der Waals surface area (Å²) < 4.78 is 1.52. The summed E-state index contributed by atoms with van der Waals surface area (Å²) in [4.78, 5) is 14.1. The predicted octanol–water partition coefficient (Wildman–Crippen LogP) is 5.20. The third kappa shape index (κ3) is 5.19. The van der Waals surface area contributed by atoms with E-state index in [0.717, 1.165) is 21.8 Å². The summed E-state index contributed by atoms with van der Waals surface area (Å²) in [7, 11) is 0. The minimum absolute atomic E-state index is 0.104. The van der Waals surface area contributed by atoms with Gasteiger partial charge >= 0.3 is 0 Å². The molecule has 0 unspecified atom stereocenters. The van der Waals surface area contributed by atoms with Crippen molar-refractivity contribution in [3.8, 4) is 0 Å². The van der Waals surface area contributed by atoms with E-state index >= 15 is 0 Å². The van der Waals surface area contributed by atoms with E-state index in [2.05, 4.69) is 22.5 Å². The molecule has 4 aromatic rings. The molecule has 0 saturated heterocycles. The second kappa shape index (κ2) is 9.94.